The molecule has 2 saturated heterocycles. The highest BCUT2D eigenvalue weighted by Gasteiger charge is 2.33. The van der Waals surface area contributed by atoms with Crippen LogP contribution in [-0.2, 0) is 30.1 Å². The molecule has 1 aromatic heterocycles. The van der Waals surface area contributed by atoms with Gasteiger partial charge in [0.05, 0.1) is 40.1 Å². The molecule has 204 valence electrons. The fraction of sp³-hybridized carbons (Fsp3) is 0.462. The van der Waals surface area contributed by atoms with E-state index in [-0.39, 0.29) is 24.0 Å². The summed E-state index contributed by atoms with van der Waals surface area (Å²) in [6.45, 7) is 7.17. The Labute approximate surface area is 226 Å². The molecule has 38 heavy (non-hydrogen) atoms. The van der Waals surface area contributed by atoms with E-state index in [1.165, 1.54) is 10.9 Å². The largest absolute Gasteiger partial charge is 0.416 e. The molecule has 1 unspecified atom stereocenters. The third-order valence-corrected chi connectivity index (χ3v) is 8.93. The Bertz CT molecular complexity index is 1420. The Morgan fingerprint density at radius 2 is 1.82 bits per heavy atom. The summed E-state index contributed by atoms with van der Waals surface area (Å²) in [4.78, 5) is 23.0. The predicted octanol–water partition coefficient (Wildman–Crippen LogP) is 3.33. The van der Waals surface area contributed by atoms with Crippen LogP contribution >= 0.6 is 11.6 Å². The number of hydrogen-bond donors (Lipinski definition) is 1. The number of piperazine rings is 1. The predicted molar refractivity (Wildman–Crippen MR) is 142 cm³/mol. The van der Waals surface area contributed by atoms with Crippen LogP contribution in [0.5, 0.6) is 0 Å². The van der Waals surface area contributed by atoms with Gasteiger partial charge in [-0.25, -0.2) is 4.98 Å². The summed E-state index contributed by atoms with van der Waals surface area (Å²) >= 11 is 6.15. The minimum absolute atomic E-state index is 0.00698. The molecule has 7 nitrogen and oxygen atoms in total. The van der Waals surface area contributed by atoms with E-state index >= 15 is 0 Å². The molecular weight excluding hydrogens is 539 g/mol. The second-order valence-corrected chi connectivity index (χ2v) is 11.9. The minimum atomic E-state index is -4.61. The molecule has 0 saturated carbocycles. The van der Waals surface area contributed by atoms with E-state index < -0.39 is 28.1 Å². The third-order valence-electron chi connectivity index (χ3n) is 7.28. The van der Waals surface area contributed by atoms with Crippen LogP contribution in [0.1, 0.15) is 23.6 Å². The molecule has 5 rings (SSSR count). The zero-order valence-electron chi connectivity index (χ0n) is 20.9. The van der Waals surface area contributed by atoms with Crippen molar-refractivity contribution in [2.24, 2.45) is 0 Å². The van der Waals surface area contributed by atoms with E-state index in [0.717, 1.165) is 51.4 Å². The van der Waals surface area contributed by atoms with Crippen molar-refractivity contribution in [3.63, 3.8) is 0 Å². The fourth-order valence-electron chi connectivity index (χ4n) is 5.03. The molecule has 0 bridgehead atoms. The van der Waals surface area contributed by atoms with Crippen LogP contribution < -0.4 is 10.9 Å². The normalized spacial score (nSPS) is 18.6. The molecule has 2 aliphatic heterocycles. The number of aromatic nitrogens is 2. The van der Waals surface area contributed by atoms with Crippen LogP contribution in [0.2, 0.25) is 5.02 Å². The van der Waals surface area contributed by atoms with E-state index in [4.69, 9.17) is 11.6 Å². The SMILES string of the molecule is CCS(=O)c1ccc(Cl)cc1Cn1cnc2c(CN3CCN(C4CNC4)CC3)cc(C(F)(F)F)cc2c1=O. The van der Waals surface area contributed by atoms with Gasteiger partial charge in [-0.05, 0) is 41.5 Å². The molecule has 12 heteroatoms. The maximum Gasteiger partial charge on any atom is 0.416 e. The molecule has 1 N–H and O–H groups in total. The second-order valence-electron chi connectivity index (χ2n) is 9.72. The van der Waals surface area contributed by atoms with Gasteiger partial charge < -0.3 is 5.32 Å². The van der Waals surface area contributed by atoms with Crippen LogP contribution in [0.4, 0.5) is 13.2 Å². The molecule has 1 atom stereocenters. The molecule has 2 aromatic carbocycles. The highest BCUT2D eigenvalue weighted by molar-refractivity contribution is 7.85. The van der Waals surface area contributed by atoms with E-state index in [1.807, 2.05) is 0 Å². The first kappa shape index (κ1) is 27.3. The number of nitrogens with one attached hydrogen (secondary N) is 1. The van der Waals surface area contributed by atoms with Gasteiger partial charge in [0.2, 0.25) is 0 Å². The maximum atomic E-state index is 13.9. The van der Waals surface area contributed by atoms with E-state index in [9.17, 15) is 22.2 Å². The first-order valence-corrected chi connectivity index (χ1v) is 14.3. The van der Waals surface area contributed by atoms with Crippen molar-refractivity contribution in [1.82, 2.24) is 24.7 Å². The fourth-order valence-corrected chi connectivity index (χ4v) is 6.17. The summed E-state index contributed by atoms with van der Waals surface area (Å²) in [6, 6.07) is 7.42. The Balaban J connectivity index is 1.48. The van der Waals surface area contributed by atoms with Gasteiger partial charge in [0, 0.05) is 67.5 Å². The van der Waals surface area contributed by atoms with Crippen LogP contribution in [0.15, 0.2) is 46.3 Å². The van der Waals surface area contributed by atoms with Crippen molar-refractivity contribution in [2.75, 3.05) is 45.0 Å². The van der Waals surface area contributed by atoms with Crippen molar-refractivity contribution >= 4 is 33.3 Å². The molecule has 0 spiro atoms. The van der Waals surface area contributed by atoms with Gasteiger partial charge in [-0.2, -0.15) is 13.2 Å². The lowest BCUT2D eigenvalue weighted by Gasteiger charge is -2.43. The molecule has 0 amide bonds. The van der Waals surface area contributed by atoms with Gasteiger partial charge in [0.25, 0.3) is 5.56 Å². The molecule has 2 aliphatic rings. The molecule has 0 radical (unpaired) electrons. The lowest BCUT2D eigenvalue weighted by atomic mass is 10.0. The molecule has 3 heterocycles. The highest BCUT2D eigenvalue weighted by atomic mass is 35.5. The number of nitrogens with zero attached hydrogens (tertiary/aromatic N) is 4. The first-order valence-electron chi connectivity index (χ1n) is 12.6. The average Bonchev–Trinajstić information content (AvgIpc) is 2.85. The zero-order valence-corrected chi connectivity index (χ0v) is 22.5. The third kappa shape index (κ3) is 5.67. The quantitative estimate of drug-likeness (QED) is 0.472. The van der Waals surface area contributed by atoms with Crippen molar-refractivity contribution in [2.45, 2.75) is 37.1 Å². The Kier molecular flexibility index (Phi) is 7.93. The van der Waals surface area contributed by atoms with E-state index in [1.54, 1.807) is 25.1 Å². The number of rotatable bonds is 7. The summed E-state index contributed by atoms with van der Waals surface area (Å²) < 4.78 is 55.4. The van der Waals surface area contributed by atoms with Gasteiger partial charge >= 0.3 is 6.18 Å². The Morgan fingerprint density at radius 1 is 1.08 bits per heavy atom. The number of hydrogen-bond acceptors (Lipinski definition) is 6. The monoisotopic (exact) mass is 567 g/mol. The van der Waals surface area contributed by atoms with E-state index in [2.05, 4.69) is 20.1 Å². The van der Waals surface area contributed by atoms with Gasteiger partial charge in [-0.15, -0.1) is 0 Å². The molecule has 2 fully saturated rings. The number of alkyl halides is 3. The minimum Gasteiger partial charge on any atom is -0.314 e. The lowest BCUT2D eigenvalue weighted by Crippen LogP contribution is -2.61. The smallest absolute Gasteiger partial charge is 0.314 e. The summed E-state index contributed by atoms with van der Waals surface area (Å²) in [5.41, 5.74) is -0.237. The standard InChI is InChI=1S/C26H29ClF3N5O2S/c1-2-38(37)23-4-3-20(27)10-17(23)15-35-16-32-24-18(9-19(26(28,29)30)11-22(24)25(35)36)14-33-5-7-34(8-6-33)21-12-31-13-21/h3-4,9-11,16,21,31H,2,5-8,12-15H2,1H3. The summed E-state index contributed by atoms with van der Waals surface area (Å²) in [6.07, 6.45) is -3.26. The molecular formula is C26H29ClF3N5O2S. The van der Waals surface area contributed by atoms with Gasteiger partial charge in [0.1, 0.15) is 0 Å². The highest BCUT2D eigenvalue weighted by Crippen LogP contribution is 2.33. The second kappa shape index (κ2) is 11.1. The van der Waals surface area contributed by atoms with Crippen molar-refractivity contribution in [3.8, 4) is 0 Å². The average molecular weight is 568 g/mol. The Morgan fingerprint density at radius 3 is 2.45 bits per heavy atom. The van der Waals surface area contributed by atoms with Gasteiger partial charge in [-0.1, -0.05) is 18.5 Å². The van der Waals surface area contributed by atoms with Crippen LogP contribution in [0.25, 0.3) is 10.9 Å². The maximum absolute atomic E-state index is 13.9. The number of halogens is 4. The molecule has 0 aliphatic carbocycles. The van der Waals surface area contributed by atoms with Gasteiger partial charge in [0.15, 0.2) is 0 Å². The topological polar surface area (TPSA) is 70.5 Å². The van der Waals surface area contributed by atoms with Crippen molar-refractivity contribution in [3.05, 3.63) is 68.7 Å². The van der Waals surface area contributed by atoms with Crippen LogP contribution in [0, 0.1) is 0 Å². The Hall–Kier alpha value is -2.31. The summed E-state index contributed by atoms with van der Waals surface area (Å²) in [5.74, 6) is 0.379. The van der Waals surface area contributed by atoms with E-state index in [0.29, 0.717) is 32.8 Å². The summed E-state index contributed by atoms with van der Waals surface area (Å²) in [7, 11) is -1.30. The summed E-state index contributed by atoms with van der Waals surface area (Å²) in [5, 5.41) is 3.59. The van der Waals surface area contributed by atoms with Crippen molar-refractivity contribution < 1.29 is 17.4 Å². The van der Waals surface area contributed by atoms with Gasteiger partial charge in [-0.3, -0.25) is 23.4 Å². The van der Waals surface area contributed by atoms with Crippen molar-refractivity contribution in [1.29, 1.82) is 0 Å². The number of fused-ring (bicyclic) bond motifs is 1. The zero-order chi connectivity index (χ0) is 27.0. The first-order chi connectivity index (χ1) is 18.1. The number of benzene rings is 2. The molecule has 3 aromatic rings. The lowest BCUT2D eigenvalue weighted by molar-refractivity contribution is -0.137. The van der Waals surface area contributed by atoms with Crippen LogP contribution in [0.3, 0.4) is 0 Å². The van der Waals surface area contributed by atoms with Crippen LogP contribution in [-0.4, -0.2) is 74.6 Å².